The number of benzene rings is 2. The molecule has 0 aliphatic carbocycles. The van der Waals surface area contributed by atoms with Crippen LogP contribution in [0.25, 0.3) is 6.08 Å². The highest BCUT2D eigenvalue weighted by atomic mass is 35.5. The Morgan fingerprint density at radius 2 is 1.73 bits per heavy atom. The van der Waals surface area contributed by atoms with Crippen molar-refractivity contribution in [2.24, 2.45) is 0 Å². The summed E-state index contributed by atoms with van der Waals surface area (Å²) in [6.45, 7) is 4.82. The number of carbonyl (C=O) groups excluding carboxylic acids is 1. The molecule has 2 aromatic rings. The zero-order chi connectivity index (χ0) is 15.9. The van der Waals surface area contributed by atoms with Crippen molar-refractivity contribution in [3.63, 3.8) is 0 Å². The number of hydrogen-bond acceptors (Lipinski definition) is 1. The second-order valence-corrected chi connectivity index (χ2v) is 5.94. The molecule has 3 heteroatoms. The van der Waals surface area contributed by atoms with Crippen molar-refractivity contribution in [2.45, 2.75) is 26.3 Å². The molecule has 0 aromatic heterocycles. The smallest absolute Gasteiger partial charge is 0.244 e. The van der Waals surface area contributed by atoms with Gasteiger partial charge in [-0.25, -0.2) is 0 Å². The lowest BCUT2D eigenvalue weighted by molar-refractivity contribution is -0.116. The van der Waals surface area contributed by atoms with Crippen molar-refractivity contribution in [3.05, 3.63) is 76.3 Å². The number of amides is 1. The summed E-state index contributed by atoms with van der Waals surface area (Å²) in [5.74, 6) is 0.406. The van der Waals surface area contributed by atoms with Crippen LogP contribution < -0.4 is 5.32 Å². The highest BCUT2D eigenvalue weighted by Gasteiger charge is 1.99. The van der Waals surface area contributed by atoms with E-state index in [1.165, 1.54) is 5.56 Å². The topological polar surface area (TPSA) is 29.1 Å². The molecule has 0 atom stereocenters. The molecule has 2 nitrogen and oxygen atoms in total. The Morgan fingerprint density at radius 1 is 1.09 bits per heavy atom. The first-order valence-electron chi connectivity index (χ1n) is 7.35. The quantitative estimate of drug-likeness (QED) is 0.790. The Hall–Kier alpha value is -2.06. The monoisotopic (exact) mass is 313 g/mol. The van der Waals surface area contributed by atoms with Gasteiger partial charge in [0.15, 0.2) is 0 Å². The van der Waals surface area contributed by atoms with Gasteiger partial charge in [-0.3, -0.25) is 4.79 Å². The number of nitrogens with one attached hydrogen (secondary N) is 1. The minimum absolute atomic E-state index is 0.108. The standard InChI is InChI=1S/C19H20ClNO/c1-14(2)17-8-3-15(4-9-17)7-12-19(22)21-13-16-5-10-18(20)11-6-16/h3-12,14H,13H2,1-2H3,(H,21,22)/b12-7+. The third-order valence-electron chi connectivity index (χ3n) is 3.41. The first-order valence-corrected chi connectivity index (χ1v) is 7.72. The van der Waals surface area contributed by atoms with E-state index in [0.29, 0.717) is 17.5 Å². The first kappa shape index (κ1) is 16.3. The van der Waals surface area contributed by atoms with E-state index in [1.54, 1.807) is 6.08 Å². The van der Waals surface area contributed by atoms with Crippen LogP contribution in [0.3, 0.4) is 0 Å². The Balaban J connectivity index is 1.87. The van der Waals surface area contributed by atoms with Crippen molar-refractivity contribution in [3.8, 4) is 0 Å². The summed E-state index contributed by atoms with van der Waals surface area (Å²) >= 11 is 5.82. The van der Waals surface area contributed by atoms with Crippen LogP contribution >= 0.6 is 11.6 Å². The molecular formula is C19H20ClNO. The van der Waals surface area contributed by atoms with Gasteiger partial charge in [-0.2, -0.15) is 0 Å². The van der Waals surface area contributed by atoms with Gasteiger partial charge in [0.1, 0.15) is 0 Å². The minimum Gasteiger partial charge on any atom is -0.348 e. The van der Waals surface area contributed by atoms with E-state index < -0.39 is 0 Å². The molecular weight excluding hydrogens is 294 g/mol. The number of halogens is 1. The molecule has 0 saturated heterocycles. The van der Waals surface area contributed by atoms with E-state index in [0.717, 1.165) is 11.1 Å². The fraction of sp³-hybridized carbons (Fsp3) is 0.211. The maximum absolute atomic E-state index is 11.8. The summed E-state index contributed by atoms with van der Waals surface area (Å²) in [7, 11) is 0. The molecule has 0 saturated carbocycles. The van der Waals surface area contributed by atoms with Crippen LogP contribution in [0.1, 0.15) is 36.5 Å². The van der Waals surface area contributed by atoms with E-state index in [-0.39, 0.29) is 5.91 Å². The Kier molecular flexibility index (Phi) is 5.79. The molecule has 2 aromatic carbocycles. The van der Waals surface area contributed by atoms with Crippen molar-refractivity contribution < 1.29 is 4.79 Å². The molecule has 0 heterocycles. The molecule has 114 valence electrons. The number of rotatable bonds is 5. The molecule has 0 spiro atoms. The van der Waals surface area contributed by atoms with Crippen LogP contribution in [0.4, 0.5) is 0 Å². The molecule has 0 aliphatic heterocycles. The van der Waals surface area contributed by atoms with Crippen LogP contribution in [0.15, 0.2) is 54.6 Å². The molecule has 2 rings (SSSR count). The normalized spacial score (nSPS) is 11.1. The molecule has 0 unspecified atom stereocenters. The van der Waals surface area contributed by atoms with Gasteiger partial charge in [-0.1, -0.05) is 61.8 Å². The van der Waals surface area contributed by atoms with Gasteiger partial charge >= 0.3 is 0 Å². The van der Waals surface area contributed by atoms with E-state index in [4.69, 9.17) is 11.6 Å². The summed E-state index contributed by atoms with van der Waals surface area (Å²) in [6.07, 6.45) is 3.38. The fourth-order valence-corrected chi connectivity index (χ4v) is 2.14. The second kappa shape index (κ2) is 7.81. The minimum atomic E-state index is -0.108. The van der Waals surface area contributed by atoms with Crippen molar-refractivity contribution in [1.29, 1.82) is 0 Å². The summed E-state index contributed by atoms with van der Waals surface area (Å²) in [5, 5.41) is 3.54. The van der Waals surface area contributed by atoms with Crippen LogP contribution in [0.2, 0.25) is 5.02 Å². The summed E-state index contributed by atoms with van der Waals surface area (Å²) in [5.41, 5.74) is 3.34. The van der Waals surface area contributed by atoms with Crippen LogP contribution in [-0.4, -0.2) is 5.91 Å². The van der Waals surface area contributed by atoms with Gasteiger partial charge in [0, 0.05) is 17.6 Å². The molecule has 0 bridgehead atoms. The average molecular weight is 314 g/mol. The molecule has 22 heavy (non-hydrogen) atoms. The predicted octanol–water partition coefficient (Wildman–Crippen LogP) is 4.79. The lowest BCUT2D eigenvalue weighted by Gasteiger charge is -2.05. The Bertz CT molecular complexity index is 642. The molecule has 1 amide bonds. The Labute approximate surface area is 136 Å². The van der Waals surface area contributed by atoms with Crippen molar-refractivity contribution in [2.75, 3.05) is 0 Å². The highest BCUT2D eigenvalue weighted by Crippen LogP contribution is 2.15. The van der Waals surface area contributed by atoms with Gasteiger partial charge < -0.3 is 5.32 Å². The number of carbonyl (C=O) groups is 1. The maximum Gasteiger partial charge on any atom is 0.244 e. The van der Waals surface area contributed by atoms with Gasteiger partial charge in [-0.05, 0) is 40.8 Å². The lowest BCUT2D eigenvalue weighted by atomic mass is 10.0. The van der Waals surface area contributed by atoms with E-state index in [1.807, 2.05) is 42.5 Å². The third-order valence-corrected chi connectivity index (χ3v) is 3.66. The third kappa shape index (κ3) is 5.05. The van der Waals surface area contributed by atoms with Gasteiger partial charge in [0.05, 0.1) is 0 Å². The molecule has 0 radical (unpaired) electrons. The first-order chi connectivity index (χ1) is 10.5. The maximum atomic E-state index is 11.8. The largest absolute Gasteiger partial charge is 0.348 e. The SMILES string of the molecule is CC(C)c1ccc(/C=C/C(=O)NCc2ccc(Cl)cc2)cc1. The molecule has 0 fully saturated rings. The summed E-state index contributed by atoms with van der Waals surface area (Å²) in [6, 6.07) is 15.7. The molecule has 1 N–H and O–H groups in total. The fourth-order valence-electron chi connectivity index (χ4n) is 2.01. The van der Waals surface area contributed by atoms with Crippen LogP contribution in [0, 0.1) is 0 Å². The average Bonchev–Trinajstić information content (AvgIpc) is 2.52. The molecule has 0 aliphatic rings. The lowest BCUT2D eigenvalue weighted by Crippen LogP contribution is -2.20. The van der Waals surface area contributed by atoms with Crippen molar-refractivity contribution >= 4 is 23.6 Å². The second-order valence-electron chi connectivity index (χ2n) is 5.50. The zero-order valence-electron chi connectivity index (χ0n) is 12.8. The van der Waals surface area contributed by atoms with Crippen molar-refractivity contribution in [1.82, 2.24) is 5.32 Å². The van der Waals surface area contributed by atoms with Gasteiger partial charge in [0.25, 0.3) is 0 Å². The van der Waals surface area contributed by atoms with E-state index >= 15 is 0 Å². The zero-order valence-corrected chi connectivity index (χ0v) is 13.6. The van der Waals surface area contributed by atoms with Gasteiger partial charge in [-0.15, -0.1) is 0 Å². The summed E-state index contributed by atoms with van der Waals surface area (Å²) in [4.78, 5) is 11.8. The van der Waals surface area contributed by atoms with E-state index in [9.17, 15) is 4.79 Å². The summed E-state index contributed by atoms with van der Waals surface area (Å²) < 4.78 is 0. The van der Waals surface area contributed by atoms with Gasteiger partial charge in [0.2, 0.25) is 5.91 Å². The Morgan fingerprint density at radius 3 is 2.32 bits per heavy atom. The van der Waals surface area contributed by atoms with E-state index in [2.05, 4.69) is 31.3 Å². The number of hydrogen-bond donors (Lipinski definition) is 1. The highest BCUT2D eigenvalue weighted by molar-refractivity contribution is 6.30. The van der Waals surface area contributed by atoms with Crippen LogP contribution in [0.5, 0.6) is 0 Å². The van der Waals surface area contributed by atoms with Crippen LogP contribution in [-0.2, 0) is 11.3 Å². The predicted molar refractivity (Wildman–Crippen MR) is 92.9 cm³/mol.